The van der Waals surface area contributed by atoms with Crippen LogP contribution < -0.4 is 10.2 Å². The molecule has 0 saturated carbocycles. The van der Waals surface area contributed by atoms with Crippen molar-refractivity contribution in [1.29, 1.82) is 0 Å². The van der Waals surface area contributed by atoms with E-state index in [0.29, 0.717) is 35.9 Å². The number of amides is 2. The highest BCUT2D eigenvalue weighted by Crippen LogP contribution is 2.30. The van der Waals surface area contributed by atoms with Crippen LogP contribution >= 0.6 is 0 Å². The monoisotopic (exact) mass is 433 g/mol. The van der Waals surface area contributed by atoms with Crippen molar-refractivity contribution in [2.24, 2.45) is 5.92 Å². The first-order valence-corrected chi connectivity index (χ1v) is 10.2. The lowest BCUT2D eigenvalue weighted by atomic mass is 9.98. The number of alkyl halides is 3. The van der Waals surface area contributed by atoms with Gasteiger partial charge in [-0.15, -0.1) is 0 Å². The first kappa shape index (κ1) is 22.7. The van der Waals surface area contributed by atoms with Gasteiger partial charge in [-0.3, -0.25) is 9.59 Å². The predicted octanol–water partition coefficient (Wildman–Crippen LogP) is 4.90. The zero-order valence-electron chi connectivity index (χ0n) is 17.8. The van der Waals surface area contributed by atoms with E-state index in [1.807, 2.05) is 19.0 Å². The minimum atomic E-state index is -4.53. The first-order valence-electron chi connectivity index (χ1n) is 10.2. The van der Waals surface area contributed by atoms with Crippen molar-refractivity contribution in [3.8, 4) is 0 Å². The standard InChI is InChI=1S/C23H26F3N3O2/c1-15-9-11-29(12-10-15)22(31)19-14-18(7-8-20(19)28(2)3)27-21(30)16-5-4-6-17(13-16)23(24,25)26/h4-8,13-15H,9-12H2,1-3H3,(H,27,30). The Hall–Kier alpha value is -3.03. The number of hydrogen-bond donors (Lipinski definition) is 1. The third kappa shape index (κ3) is 5.37. The molecule has 2 aromatic carbocycles. The van der Waals surface area contributed by atoms with E-state index in [9.17, 15) is 22.8 Å². The molecular weight excluding hydrogens is 407 g/mol. The van der Waals surface area contributed by atoms with Gasteiger partial charge >= 0.3 is 6.18 Å². The maximum atomic E-state index is 13.2. The Bertz CT molecular complexity index is 965. The van der Waals surface area contributed by atoms with Crippen LogP contribution in [0.1, 0.15) is 46.0 Å². The molecule has 8 heteroatoms. The Morgan fingerprint density at radius 1 is 1.06 bits per heavy atom. The quantitative estimate of drug-likeness (QED) is 0.747. The highest BCUT2D eigenvalue weighted by Gasteiger charge is 2.31. The molecule has 1 heterocycles. The predicted molar refractivity (Wildman–Crippen MR) is 114 cm³/mol. The largest absolute Gasteiger partial charge is 0.416 e. The van der Waals surface area contributed by atoms with E-state index in [1.165, 1.54) is 12.1 Å². The molecule has 0 radical (unpaired) electrons. The van der Waals surface area contributed by atoms with Gasteiger partial charge in [0.05, 0.1) is 11.1 Å². The van der Waals surface area contributed by atoms with Crippen molar-refractivity contribution in [2.75, 3.05) is 37.4 Å². The van der Waals surface area contributed by atoms with Gasteiger partial charge in [-0.25, -0.2) is 0 Å². The van der Waals surface area contributed by atoms with Gasteiger partial charge in [0.1, 0.15) is 0 Å². The minimum Gasteiger partial charge on any atom is -0.377 e. The summed E-state index contributed by atoms with van der Waals surface area (Å²) in [5, 5.41) is 2.61. The molecule has 0 bridgehead atoms. The van der Waals surface area contributed by atoms with Crippen molar-refractivity contribution in [1.82, 2.24) is 4.90 Å². The van der Waals surface area contributed by atoms with E-state index in [2.05, 4.69) is 12.2 Å². The van der Waals surface area contributed by atoms with Crippen molar-refractivity contribution in [3.63, 3.8) is 0 Å². The van der Waals surface area contributed by atoms with Gasteiger partial charge in [0, 0.05) is 44.1 Å². The lowest BCUT2D eigenvalue weighted by Crippen LogP contribution is -2.38. The van der Waals surface area contributed by atoms with Crippen LogP contribution in [-0.2, 0) is 6.18 Å². The smallest absolute Gasteiger partial charge is 0.377 e. The minimum absolute atomic E-state index is 0.107. The fraction of sp³-hybridized carbons (Fsp3) is 0.391. The van der Waals surface area contributed by atoms with Gasteiger partial charge in [-0.2, -0.15) is 13.2 Å². The fourth-order valence-corrected chi connectivity index (χ4v) is 3.60. The van der Waals surface area contributed by atoms with Crippen LogP contribution in [-0.4, -0.2) is 43.9 Å². The third-order valence-electron chi connectivity index (χ3n) is 5.49. The van der Waals surface area contributed by atoms with E-state index < -0.39 is 17.6 Å². The molecule has 2 aromatic rings. The Labute approximate surface area is 179 Å². The molecule has 1 aliphatic rings. The number of nitrogens with zero attached hydrogens (tertiary/aromatic N) is 2. The summed E-state index contributed by atoms with van der Waals surface area (Å²) < 4.78 is 38.8. The highest BCUT2D eigenvalue weighted by atomic mass is 19.4. The van der Waals surface area contributed by atoms with E-state index in [-0.39, 0.29) is 11.5 Å². The second kappa shape index (κ2) is 8.99. The Kier molecular flexibility index (Phi) is 6.57. The number of carbonyl (C=O) groups excluding carboxylic acids is 2. The average Bonchev–Trinajstić information content (AvgIpc) is 2.73. The molecule has 0 unspecified atom stereocenters. The van der Waals surface area contributed by atoms with Crippen LogP contribution in [0.25, 0.3) is 0 Å². The fourth-order valence-electron chi connectivity index (χ4n) is 3.60. The summed E-state index contributed by atoms with van der Waals surface area (Å²) in [4.78, 5) is 29.3. The van der Waals surface area contributed by atoms with E-state index in [1.54, 1.807) is 23.1 Å². The molecule has 166 valence electrons. The summed E-state index contributed by atoms with van der Waals surface area (Å²) in [6.07, 6.45) is -2.65. The highest BCUT2D eigenvalue weighted by molar-refractivity contribution is 6.06. The molecule has 1 aliphatic heterocycles. The number of anilines is 2. The van der Waals surface area contributed by atoms with Crippen LogP contribution in [0, 0.1) is 5.92 Å². The average molecular weight is 433 g/mol. The lowest BCUT2D eigenvalue weighted by Gasteiger charge is -2.31. The number of halogens is 3. The van der Waals surface area contributed by atoms with Gasteiger partial charge < -0.3 is 15.1 Å². The van der Waals surface area contributed by atoms with Crippen LogP contribution in [0.15, 0.2) is 42.5 Å². The van der Waals surface area contributed by atoms with Crippen LogP contribution in [0.2, 0.25) is 0 Å². The molecule has 1 N–H and O–H groups in total. The molecule has 5 nitrogen and oxygen atoms in total. The molecule has 3 rings (SSSR count). The van der Waals surface area contributed by atoms with Crippen LogP contribution in [0.4, 0.5) is 24.5 Å². The van der Waals surface area contributed by atoms with Crippen LogP contribution in [0.3, 0.4) is 0 Å². The lowest BCUT2D eigenvalue weighted by molar-refractivity contribution is -0.137. The molecule has 0 aliphatic carbocycles. The zero-order valence-corrected chi connectivity index (χ0v) is 17.8. The molecule has 0 atom stereocenters. The number of likely N-dealkylation sites (tertiary alicyclic amines) is 1. The van der Waals surface area contributed by atoms with Gasteiger partial charge in [0.2, 0.25) is 0 Å². The Morgan fingerprint density at radius 3 is 2.35 bits per heavy atom. The van der Waals surface area contributed by atoms with Crippen LogP contribution in [0.5, 0.6) is 0 Å². The van der Waals surface area contributed by atoms with E-state index >= 15 is 0 Å². The van der Waals surface area contributed by atoms with Crippen molar-refractivity contribution >= 4 is 23.2 Å². The Balaban J connectivity index is 1.85. The molecule has 1 saturated heterocycles. The summed E-state index contributed by atoms with van der Waals surface area (Å²) in [5.41, 5.74) is 0.506. The third-order valence-corrected chi connectivity index (χ3v) is 5.49. The van der Waals surface area contributed by atoms with Gasteiger partial charge in [-0.05, 0) is 55.2 Å². The summed E-state index contributed by atoms with van der Waals surface area (Å²) in [7, 11) is 3.65. The summed E-state index contributed by atoms with van der Waals surface area (Å²) in [6.45, 7) is 3.51. The molecule has 0 aromatic heterocycles. The molecule has 0 spiro atoms. The molecular formula is C23H26F3N3O2. The van der Waals surface area contributed by atoms with Crippen molar-refractivity contribution in [3.05, 3.63) is 59.2 Å². The second-order valence-electron chi connectivity index (χ2n) is 8.13. The van der Waals surface area contributed by atoms with Crippen molar-refractivity contribution in [2.45, 2.75) is 25.9 Å². The van der Waals surface area contributed by atoms with E-state index in [0.717, 1.165) is 25.0 Å². The number of hydrogen-bond acceptors (Lipinski definition) is 3. The van der Waals surface area contributed by atoms with Crippen molar-refractivity contribution < 1.29 is 22.8 Å². The SMILES string of the molecule is CC1CCN(C(=O)c2cc(NC(=O)c3cccc(C(F)(F)F)c3)ccc2N(C)C)CC1. The summed E-state index contributed by atoms with van der Waals surface area (Å²) >= 11 is 0. The molecule has 2 amide bonds. The first-order chi connectivity index (χ1) is 14.6. The second-order valence-corrected chi connectivity index (χ2v) is 8.13. The zero-order chi connectivity index (χ0) is 22.8. The normalized spacial score (nSPS) is 15.0. The van der Waals surface area contributed by atoms with Gasteiger partial charge in [0.25, 0.3) is 11.8 Å². The van der Waals surface area contributed by atoms with Gasteiger partial charge in [-0.1, -0.05) is 13.0 Å². The van der Waals surface area contributed by atoms with E-state index in [4.69, 9.17) is 0 Å². The number of piperidine rings is 1. The Morgan fingerprint density at radius 2 is 1.74 bits per heavy atom. The number of carbonyl (C=O) groups is 2. The summed E-state index contributed by atoms with van der Waals surface area (Å²) in [5.74, 6) is -0.213. The summed E-state index contributed by atoms with van der Waals surface area (Å²) in [6, 6.07) is 9.18. The maximum absolute atomic E-state index is 13.2. The molecule has 1 fully saturated rings. The van der Waals surface area contributed by atoms with Gasteiger partial charge in [0.15, 0.2) is 0 Å². The topological polar surface area (TPSA) is 52.7 Å². The number of rotatable bonds is 4. The number of nitrogens with one attached hydrogen (secondary N) is 1. The maximum Gasteiger partial charge on any atom is 0.416 e. The number of benzene rings is 2. The molecule has 31 heavy (non-hydrogen) atoms.